The van der Waals surface area contributed by atoms with Gasteiger partial charge >= 0.3 is 6.03 Å². The Morgan fingerprint density at radius 2 is 1.86 bits per heavy atom. The third-order valence-electron chi connectivity index (χ3n) is 1.78. The minimum absolute atomic E-state index is 0.00296. The summed E-state index contributed by atoms with van der Waals surface area (Å²) in [5.74, 6) is -0.476. The molecule has 0 aliphatic rings. The number of unbranched alkanes of at least 4 members (excludes halogenated alkanes) is 1. The van der Waals surface area contributed by atoms with Crippen LogP contribution in [-0.4, -0.2) is 48.9 Å². The second-order valence-corrected chi connectivity index (χ2v) is 3.42. The first kappa shape index (κ1) is 12.7. The first-order valence-electron chi connectivity index (χ1n) is 4.73. The summed E-state index contributed by atoms with van der Waals surface area (Å²) in [4.78, 5) is 25.1. The van der Waals surface area contributed by atoms with E-state index < -0.39 is 5.91 Å². The number of primary amides is 1. The van der Waals surface area contributed by atoms with Gasteiger partial charge in [-0.3, -0.25) is 4.79 Å². The van der Waals surface area contributed by atoms with Crippen molar-refractivity contribution in [1.82, 2.24) is 9.80 Å². The van der Waals surface area contributed by atoms with Gasteiger partial charge in [-0.2, -0.15) is 0 Å². The Hall–Kier alpha value is -1.26. The number of amides is 3. The molecule has 5 nitrogen and oxygen atoms in total. The molecule has 0 fully saturated rings. The lowest BCUT2D eigenvalue weighted by Crippen LogP contribution is -2.44. The molecule has 3 amide bonds. The van der Waals surface area contributed by atoms with E-state index in [1.807, 2.05) is 6.92 Å². The molecule has 0 saturated heterocycles. The standard InChI is InChI=1S/C9H19N3O2/c1-4-5-6-12(7-8(10)13)9(14)11(2)3/h4-7H2,1-3H3,(H2,10,13). The summed E-state index contributed by atoms with van der Waals surface area (Å²) in [5.41, 5.74) is 5.05. The molecule has 0 heterocycles. The van der Waals surface area contributed by atoms with Crippen molar-refractivity contribution in [2.45, 2.75) is 19.8 Å². The highest BCUT2D eigenvalue weighted by Gasteiger charge is 2.16. The van der Waals surface area contributed by atoms with E-state index in [-0.39, 0.29) is 12.6 Å². The number of hydrogen-bond acceptors (Lipinski definition) is 2. The maximum absolute atomic E-state index is 11.5. The van der Waals surface area contributed by atoms with Crippen molar-refractivity contribution in [2.75, 3.05) is 27.2 Å². The maximum Gasteiger partial charge on any atom is 0.319 e. The molecule has 0 aromatic heterocycles. The van der Waals surface area contributed by atoms with Crippen molar-refractivity contribution >= 4 is 11.9 Å². The Balaban J connectivity index is 4.22. The monoisotopic (exact) mass is 201 g/mol. The van der Waals surface area contributed by atoms with Crippen molar-refractivity contribution in [1.29, 1.82) is 0 Å². The summed E-state index contributed by atoms with van der Waals surface area (Å²) in [6.45, 7) is 2.61. The normalized spacial score (nSPS) is 9.64. The molecule has 0 aliphatic heterocycles. The van der Waals surface area contributed by atoms with Crippen LogP contribution in [0.2, 0.25) is 0 Å². The SMILES string of the molecule is CCCCN(CC(N)=O)C(=O)N(C)C. The van der Waals surface area contributed by atoms with E-state index in [9.17, 15) is 9.59 Å². The number of nitrogens with zero attached hydrogens (tertiary/aromatic N) is 2. The minimum atomic E-state index is -0.476. The van der Waals surface area contributed by atoms with Gasteiger partial charge in [0.2, 0.25) is 5.91 Å². The molecule has 2 N–H and O–H groups in total. The van der Waals surface area contributed by atoms with Crippen LogP contribution in [0.25, 0.3) is 0 Å². The molecular weight excluding hydrogens is 182 g/mol. The fourth-order valence-electron chi connectivity index (χ4n) is 1.06. The number of nitrogens with two attached hydrogens (primary N) is 1. The highest BCUT2D eigenvalue weighted by atomic mass is 16.2. The number of carbonyl (C=O) groups excluding carboxylic acids is 2. The number of hydrogen-bond donors (Lipinski definition) is 1. The molecule has 0 atom stereocenters. The molecule has 0 bridgehead atoms. The predicted octanol–water partition coefficient (Wildman–Crippen LogP) is 0.255. The van der Waals surface area contributed by atoms with Gasteiger partial charge in [-0.05, 0) is 6.42 Å². The fourth-order valence-corrected chi connectivity index (χ4v) is 1.06. The van der Waals surface area contributed by atoms with Crippen molar-refractivity contribution in [3.05, 3.63) is 0 Å². The first-order chi connectivity index (χ1) is 6.49. The Morgan fingerprint density at radius 3 is 2.21 bits per heavy atom. The Morgan fingerprint density at radius 1 is 1.29 bits per heavy atom. The van der Waals surface area contributed by atoms with Crippen molar-refractivity contribution in [3.63, 3.8) is 0 Å². The maximum atomic E-state index is 11.5. The number of urea groups is 1. The van der Waals surface area contributed by atoms with E-state index in [0.717, 1.165) is 12.8 Å². The van der Waals surface area contributed by atoms with Crippen molar-refractivity contribution in [2.24, 2.45) is 5.73 Å². The predicted molar refractivity (Wildman–Crippen MR) is 54.8 cm³/mol. The van der Waals surface area contributed by atoms with E-state index >= 15 is 0 Å². The molecule has 0 aromatic rings. The summed E-state index contributed by atoms with van der Waals surface area (Å²) < 4.78 is 0. The van der Waals surface area contributed by atoms with Gasteiger partial charge in [-0.25, -0.2) is 4.79 Å². The van der Waals surface area contributed by atoms with Crippen LogP contribution in [0.4, 0.5) is 4.79 Å². The van der Waals surface area contributed by atoms with Crippen molar-refractivity contribution < 1.29 is 9.59 Å². The molecule has 5 heteroatoms. The van der Waals surface area contributed by atoms with Crippen LogP contribution in [0.15, 0.2) is 0 Å². The average molecular weight is 201 g/mol. The zero-order valence-corrected chi connectivity index (χ0v) is 9.12. The van der Waals surface area contributed by atoms with Gasteiger partial charge in [0.1, 0.15) is 6.54 Å². The lowest BCUT2D eigenvalue weighted by atomic mass is 10.3. The summed E-state index contributed by atoms with van der Waals surface area (Å²) >= 11 is 0. The van der Waals surface area contributed by atoms with E-state index in [1.54, 1.807) is 14.1 Å². The quantitative estimate of drug-likeness (QED) is 0.693. The fraction of sp³-hybridized carbons (Fsp3) is 0.778. The van der Waals surface area contributed by atoms with Crippen molar-refractivity contribution in [3.8, 4) is 0 Å². The molecule has 0 saturated carbocycles. The summed E-state index contributed by atoms with van der Waals surface area (Å²) in [6.07, 6.45) is 1.86. The van der Waals surface area contributed by atoms with Crippen LogP contribution in [0.3, 0.4) is 0 Å². The highest BCUT2D eigenvalue weighted by Crippen LogP contribution is 1.98. The van der Waals surface area contributed by atoms with Crippen LogP contribution in [0, 0.1) is 0 Å². The van der Waals surface area contributed by atoms with E-state index in [4.69, 9.17) is 5.73 Å². The second kappa shape index (κ2) is 6.23. The van der Waals surface area contributed by atoms with E-state index in [2.05, 4.69) is 0 Å². The van der Waals surface area contributed by atoms with Gasteiger partial charge in [0.05, 0.1) is 0 Å². The summed E-state index contributed by atoms with van der Waals surface area (Å²) in [5, 5.41) is 0. The molecule has 82 valence electrons. The van der Waals surface area contributed by atoms with Gasteiger partial charge < -0.3 is 15.5 Å². The summed E-state index contributed by atoms with van der Waals surface area (Å²) in [7, 11) is 3.31. The molecular formula is C9H19N3O2. The Bertz CT molecular complexity index is 204. The third-order valence-corrected chi connectivity index (χ3v) is 1.78. The van der Waals surface area contributed by atoms with Crippen LogP contribution in [-0.2, 0) is 4.79 Å². The lowest BCUT2D eigenvalue weighted by Gasteiger charge is -2.24. The van der Waals surface area contributed by atoms with E-state index in [1.165, 1.54) is 9.80 Å². The number of carbonyl (C=O) groups is 2. The van der Waals surface area contributed by atoms with Crippen LogP contribution in [0.1, 0.15) is 19.8 Å². The molecule has 0 radical (unpaired) electrons. The summed E-state index contributed by atoms with van der Waals surface area (Å²) in [6, 6.07) is -0.169. The molecule has 14 heavy (non-hydrogen) atoms. The second-order valence-electron chi connectivity index (χ2n) is 3.42. The molecule has 0 spiro atoms. The van der Waals surface area contributed by atoms with Gasteiger partial charge in [0.25, 0.3) is 0 Å². The highest BCUT2D eigenvalue weighted by molar-refractivity contribution is 5.82. The molecule has 0 aliphatic carbocycles. The van der Waals surface area contributed by atoms with Gasteiger partial charge in [0.15, 0.2) is 0 Å². The molecule has 0 rings (SSSR count). The Kier molecular flexibility index (Phi) is 5.67. The largest absolute Gasteiger partial charge is 0.368 e. The Labute approximate surface area is 84.8 Å². The first-order valence-corrected chi connectivity index (χ1v) is 4.73. The third kappa shape index (κ3) is 4.69. The lowest BCUT2D eigenvalue weighted by molar-refractivity contribution is -0.118. The number of rotatable bonds is 5. The average Bonchev–Trinajstić information content (AvgIpc) is 2.10. The minimum Gasteiger partial charge on any atom is -0.368 e. The molecule has 0 unspecified atom stereocenters. The smallest absolute Gasteiger partial charge is 0.319 e. The molecule has 0 aromatic carbocycles. The van der Waals surface area contributed by atoms with Gasteiger partial charge in [0, 0.05) is 20.6 Å². The van der Waals surface area contributed by atoms with Crippen LogP contribution in [0.5, 0.6) is 0 Å². The van der Waals surface area contributed by atoms with Crippen LogP contribution >= 0.6 is 0 Å². The van der Waals surface area contributed by atoms with Gasteiger partial charge in [-0.1, -0.05) is 13.3 Å². The van der Waals surface area contributed by atoms with Crippen LogP contribution < -0.4 is 5.73 Å². The topological polar surface area (TPSA) is 66.6 Å². The van der Waals surface area contributed by atoms with Gasteiger partial charge in [-0.15, -0.1) is 0 Å². The zero-order chi connectivity index (χ0) is 11.1. The van der Waals surface area contributed by atoms with E-state index in [0.29, 0.717) is 6.54 Å². The zero-order valence-electron chi connectivity index (χ0n) is 9.12.